The number of cyclic esters (lactones) is 1. The maximum Gasteiger partial charge on any atom is 0.407 e. The fourth-order valence-electron chi connectivity index (χ4n) is 10.7. The summed E-state index contributed by atoms with van der Waals surface area (Å²) in [6, 6.07) is -2.09. The van der Waals surface area contributed by atoms with Crippen LogP contribution in [0.25, 0.3) is 0 Å². The number of esters is 1. The van der Waals surface area contributed by atoms with E-state index in [0.717, 1.165) is 10.5 Å². The smallest absolute Gasteiger partial charge is 0.407 e. The summed E-state index contributed by atoms with van der Waals surface area (Å²) in [5, 5.41) is 44.8. The molecule has 5 N–H and O–H groups in total. The number of ketones is 3. The van der Waals surface area contributed by atoms with E-state index in [9.17, 15) is 49.2 Å². The quantitative estimate of drug-likeness (QED) is 0.106. The molecule has 15 atom stereocenters. The average molecular weight is 1030 g/mol. The first-order valence-corrected chi connectivity index (χ1v) is 26.3. The van der Waals surface area contributed by atoms with Crippen molar-refractivity contribution in [3.8, 4) is 0 Å². The Morgan fingerprint density at radius 1 is 0.863 bits per heavy atom. The lowest BCUT2D eigenvalue weighted by Gasteiger charge is -2.42. The number of allylic oxidation sites excluding steroid dienone is 6. The molecule has 1 aliphatic carbocycles. The molecule has 4 aliphatic rings. The molecular weight excluding hydrogens is 945 g/mol. The van der Waals surface area contributed by atoms with E-state index in [1.807, 2.05) is 51.2 Å². The van der Waals surface area contributed by atoms with Gasteiger partial charge in [0, 0.05) is 58.5 Å². The summed E-state index contributed by atoms with van der Waals surface area (Å²) >= 11 is 0. The Bertz CT molecular complexity index is 1980. The number of piperidine rings is 1. The van der Waals surface area contributed by atoms with Gasteiger partial charge < -0.3 is 59.1 Å². The molecule has 2 saturated heterocycles. The SMILES string of the molecule is CO[C@H]1C[C@@H]2CC[C@@H](C)[C@@](O)(O2)C(=O)C(=O)N2CCCC[C@H]2C(=O)O[C@H]([C@H](C)CC2CC[C@H](OC(=O)NC(CO)CO)[C@@H](OC)C2)CC(=O)[C@H](C)/C=C(\C)[C@@H](O)[C@@H](OC)C(=O)[C@H](C)C[C@H](C)/C=C/C=C/C=C/1C. The summed E-state index contributed by atoms with van der Waals surface area (Å²) in [5.74, 6) is -8.61. The number of alkyl carbamates (subject to hydrolysis) is 1. The van der Waals surface area contributed by atoms with Gasteiger partial charge in [-0.1, -0.05) is 71.1 Å². The van der Waals surface area contributed by atoms with Gasteiger partial charge in [-0.2, -0.15) is 0 Å². The largest absolute Gasteiger partial charge is 0.460 e. The number of carbonyl (C=O) groups excluding carboxylic acids is 6. The second kappa shape index (κ2) is 29.2. The monoisotopic (exact) mass is 1030 g/mol. The van der Waals surface area contributed by atoms with Gasteiger partial charge in [-0.25, -0.2) is 9.59 Å². The molecule has 18 nitrogen and oxygen atoms in total. The first kappa shape index (κ1) is 61.4. The summed E-state index contributed by atoms with van der Waals surface area (Å²) in [6.07, 6.45) is 9.04. The Morgan fingerprint density at radius 3 is 2.23 bits per heavy atom. The summed E-state index contributed by atoms with van der Waals surface area (Å²) in [4.78, 5) is 85.0. The molecule has 2 bridgehead atoms. The van der Waals surface area contributed by atoms with Gasteiger partial charge in [0.2, 0.25) is 5.79 Å². The molecule has 3 fully saturated rings. The number of hydrogen-bond acceptors (Lipinski definition) is 16. The number of nitrogens with one attached hydrogen (secondary N) is 1. The predicted molar refractivity (Wildman–Crippen MR) is 270 cm³/mol. The van der Waals surface area contributed by atoms with Gasteiger partial charge in [-0.3, -0.25) is 19.2 Å². The third-order valence-corrected chi connectivity index (χ3v) is 15.5. The average Bonchev–Trinajstić information content (AvgIpc) is 3.37. The molecule has 0 radical (unpaired) electrons. The number of rotatable bonds is 10. The Hall–Kier alpha value is -4.14. The van der Waals surface area contributed by atoms with Crippen LogP contribution in [0.15, 0.2) is 47.6 Å². The Kier molecular flexibility index (Phi) is 24.6. The van der Waals surface area contributed by atoms with Gasteiger partial charge in [0.1, 0.15) is 36.2 Å². The highest BCUT2D eigenvalue weighted by Crippen LogP contribution is 2.38. The molecule has 3 heterocycles. The number of nitrogens with zero attached hydrogens (tertiary/aromatic N) is 1. The molecular formula is C55H86N2O16. The molecule has 0 aromatic rings. The van der Waals surface area contributed by atoms with Crippen molar-refractivity contribution in [1.29, 1.82) is 0 Å². The van der Waals surface area contributed by atoms with E-state index in [2.05, 4.69) is 5.32 Å². The molecule has 0 spiro atoms. The van der Waals surface area contributed by atoms with Crippen molar-refractivity contribution in [3.63, 3.8) is 0 Å². The Labute approximate surface area is 432 Å². The molecule has 0 aromatic heterocycles. The molecule has 2 amide bonds. The molecule has 3 aliphatic heterocycles. The summed E-state index contributed by atoms with van der Waals surface area (Å²) in [7, 11) is 4.43. The highest BCUT2D eigenvalue weighted by Gasteiger charge is 2.53. The molecule has 0 aromatic carbocycles. The van der Waals surface area contributed by atoms with E-state index < -0.39 is 121 Å². The van der Waals surface area contributed by atoms with Crippen LogP contribution < -0.4 is 5.32 Å². The number of aliphatic hydroxyl groups is 4. The van der Waals surface area contributed by atoms with Crippen LogP contribution >= 0.6 is 0 Å². The normalized spacial score (nSPS) is 37.2. The van der Waals surface area contributed by atoms with Crippen LogP contribution in [0.5, 0.6) is 0 Å². The lowest BCUT2D eigenvalue weighted by Crippen LogP contribution is -2.61. The van der Waals surface area contributed by atoms with Crippen LogP contribution in [0, 0.1) is 35.5 Å². The van der Waals surface area contributed by atoms with Crippen LogP contribution in [0.1, 0.15) is 126 Å². The van der Waals surface area contributed by atoms with Gasteiger partial charge >= 0.3 is 12.1 Å². The second-order valence-electron chi connectivity index (χ2n) is 21.2. The highest BCUT2D eigenvalue weighted by atomic mass is 16.6. The molecule has 1 unspecified atom stereocenters. The third kappa shape index (κ3) is 16.9. The Morgan fingerprint density at radius 2 is 1.58 bits per heavy atom. The van der Waals surface area contributed by atoms with Crippen molar-refractivity contribution in [2.45, 2.75) is 186 Å². The lowest BCUT2D eigenvalue weighted by atomic mass is 9.78. The number of hydrogen-bond donors (Lipinski definition) is 5. The fourth-order valence-corrected chi connectivity index (χ4v) is 10.7. The molecule has 73 heavy (non-hydrogen) atoms. The minimum atomic E-state index is -2.47. The van der Waals surface area contributed by atoms with Crippen LogP contribution in [-0.4, -0.2) is 162 Å². The van der Waals surface area contributed by atoms with E-state index in [0.29, 0.717) is 69.8 Å². The van der Waals surface area contributed by atoms with E-state index >= 15 is 0 Å². The van der Waals surface area contributed by atoms with Crippen LogP contribution in [0.2, 0.25) is 0 Å². The zero-order valence-corrected chi connectivity index (χ0v) is 44.9. The number of carbonyl (C=O) groups is 6. The van der Waals surface area contributed by atoms with Crippen LogP contribution in [0.3, 0.4) is 0 Å². The van der Waals surface area contributed by atoms with Crippen molar-refractivity contribution in [1.82, 2.24) is 10.2 Å². The maximum absolute atomic E-state index is 14.5. The van der Waals surface area contributed by atoms with Gasteiger partial charge in [-0.15, -0.1) is 0 Å². The number of aliphatic hydroxyl groups excluding tert-OH is 3. The van der Waals surface area contributed by atoms with Crippen molar-refractivity contribution in [2.75, 3.05) is 41.1 Å². The molecule has 412 valence electrons. The van der Waals surface area contributed by atoms with Crippen molar-refractivity contribution in [2.24, 2.45) is 35.5 Å². The van der Waals surface area contributed by atoms with E-state index in [1.54, 1.807) is 40.9 Å². The van der Waals surface area contributed by atoms with Gasteiger partial charge in [-0.05, 0) is 107 Å². The minimum Gasteiger partial charge on any atom is -0.460 e. The van der Waals surface area contributed by atoms with Crippen molar-refractivity contribution < 1.29 is 77.6 Å². The summed E-state index contributed by atoms with van der Waals surface area (Å²) < 4.78 is 35.3. The van der Waals surface area contributed by atoms with Crippen molar-refractivity contribution in [3.05, 3.63) is 47.6 Å². The first-order valence-electron chi connectivity index (χ1n) is 26.3. The summed E-state index contributed by atoms with van der Waals surface area (Å²) in [5.41, 5.74) is 1.21. The minimum absolute atomic E-state index is 0.00693. The number of methoxy groups -OCH3 is 3. The zero-order chi connectivity index (χ0) is 54.2. The second-order valence-corrected chi connectivity index (χ2v) is 21.2. The number of fused-ring (bicyclic) bond motifs is 3. The topological polar surface area (TPSA) is 254 Å². The van der Waals surface area contributed by atoms with Crippen molar-refractivity contribution >= 4 is 35.3 Å². The van der Waals surface area contributed by atoms with E-state index in [-0.39, 0.29) is 42.8 Å². The third-order valence-electron chi connectivity index (χ3n) is 15.5. The fraction of sp³-hybridized carbons (Fsp3) is 0.745. The van der Waals surface area contributed by atoms with Crippen LogP contribution in [0.4, 0.5) is 4.79 Å². The number of amides is 2. The lowest BCUT2D eigenvalue weighted by molar-refractivity contribution is -0.265. The van der Waals surface area contributed by atoms with Gasteiger partial charge in [0.05, 0.1) is 37.6 Å². The highest BCUT2D eigenvalue weighted by molar-refractivity contribution is 6.39. The molecule has 1 saturated carbocycles. The van der Waals surface area contributed by atoms with Gasteiger partial charge in [0.25, 0.3) is 11.7 Å². The Balaban J connectivity index is 1.68. The standard InChI is InChI=1S/C55H86N2O16/c1-32-16-12-11-13-17-33(2)45(68-8)28-41-21-19-38(7)55(67,73-41)51(63)52(64)57-23-15-14-18-42(57)53(65)71-46(29-43(60)34(3)25-37(6)49(62)50(70-10)48(61)36(5)24-32)35(4)26-39-20-22-44(47(27-39)69-9)72-54(66)56-40(30-58)31-59/h11-13,16-17,25,32,34-36,38-42,44-47,49-50,58-59,62,67H,14-15,18-24,26-31H2,1-10H3,(H,56,66)/b13-11+,16-12+,33-17+,37-25+/t32-,34-,35-,36-,38-,39?,41+,42+,44+,45+,46+,47+,49-,50+,55-/m1/s1. The number of Topliss-reactive ketones (excluding diaryl/α,β-unsaturated/α-hetero) is 3. The molecule has 4 rings (SSSR count). The van der Waals surface area contributed by atoms with Gasteiger partial charge in [0.15, 0.2) is 5.78 Å². The maximum atomic E-state index is 14.5. The molecule has 18 heteroatoms. The summed E-state index contributed by atoms with van der Waals surface area (Å²) in [6.45, 7) is 11.6. The van der Waals surface area contributed by atoms with Crippen LogP contribution in [-0.2, 0) is 52.4 Å². The first-order chi connectivity index (χ1) is 34.6. The van der Waals surface area contributed by atoms with E-state index in [1.165, 1.54) is 14.2 Å². The number of ether oxygens (including phenoxy) is 6. The zero-order valence-electron chi connectivity index (χ0n) is 44.9. The van der Waals surface area contributed by atoms with E-state index in [4.69, 9.17) is 28.4 Å². The predicted octanol–water partition coefficient (Wildman–Crippen LogP) is 5.27.